The quantitative estimate of drug-likeness (QED) is 0.580. The van der Waals surface area contributed by atoms with Crippen LogP contribution < -0.4 is 5.32 Å². The molecule has 0 aliphatic rings. The van der Waals surface area contributed by atoms with Crippen LogP contribution in [0.1, 0.15) is 53.4 Å². The molecule has 0 bridgehead atoms. The molecular formula is C13H27NO3. The Bertz CT molecular complexity index is 221. The lowest BCUT2D eigenvalue weighted by atomic mass is 9.95. The summed E-state index contributed by atoms with van der Waals surface area (Å²) in [6.07, 6.45) is 3.74. The van der Waals surface area contributed by atoms with E-state index in [9.17, 15) is 4.79 Å². The maximum absolute atomic E-state index is 11.1. The number of rotatable bonds is 10. The molecule has 0 heterocycles. The summed E-state index contributed by atoms with van der Waals surface area (Å²) in [6, 6.07) is 0. The number of hydrogen-bond donors (Lipinski definition) is 2. The Balaban J connectivity index is 3.80. The highest BCUT2D eigenvalue weighted by Gasteiger charge is 2.30. The monoisotopic (exact) mass is 245 g/mol. The van der Waals surface area contributed by atoms with Gasteiger partial charge in [0.2, 0.25) is 0 Å². The lowest BCUT2D eigenvalue weighted by Crippen LogP contribution is -2.49. The van der Waals surface area contributed by atoms with Gasteiger partial charge in [-0.3, -0.25) is 4.79 Å². The number of ether oxygens (including phenoxy) is 1. The van der Waals surface area contributed by atoms with Crippen molar-refractivity contribution in [3.63, 3.8) is 0 Å². The van der Waals surface area contributed by atoms with Crippen LogP contribution in [-0.4, -0.2) is 35.9 Å². The van der Waals surface area contributed by atoms with Gasteiger partial charge in [0.15, 0.2) is 0 Å². The van der Waals surface area contributed by atoms with Crippen molar-refractivity contribution in [3.8, 4) is 0 Å². The number of carbonyl (C=O) groups is 1. The van der Waals surface area contributed by atoms with Gasteiger partial charge in [0.05, 0.1) is 6.10 Å². The van der Waals surface area contributed by atoms with E-state index in [4.69, 9.17) is 9.84 Å². The molecule has 0 saturated heterocycles. The van der Waals surface area contributed by atoms with Crippen molar-refractivity contribution in [1.29, 1.82) is 0 Å². The van der Waals surface area contributed by atoms with E-state index in [1.165, 1.54) is 0 Å². The number of carboxylic acids is 1. The van der Waals surface area contributed by atoms with Gasteiger partial charge in [-0.05, 0) is 46.1 Å². The maximum atomic E-state index is 11.1. The summed E-state index contributed by atoms with van der Waals surface area (Å²) in [4.78, 5) is 11.1. The molecule has 0 aliphatic carbocycles. The number of hydrogen-bond acceptors (Lipinski definition) is 3. The maximum Gasteiger partial charge on any atom is 0.323 e. The molecule has 102 valence electrons. The first-order valence-electron chi connectivity index (χ1n) is 6.56. The third-order valence-electron chi connectivity index (χ3n) is 3.09. The van der Waals surface area contributed by atoms with Crippen LogP contribution >= 0.6 is 0 Å². The molecule has 0 saturated carbocycles. The molecule has 0 aromatic rings. The van der Waals surface area contributed by atoms with E-state index in [0.29, 0.717) is 19.1 Å². The largest absolute Gasteiger partial charge is 0.480 e. The highest BCUT2D eigenvalue weighted by Crippen LogP contribution is 2.14. The van der Waals surface area contributed by atoms with E-state index in [1.54, 1.807) is 6.92 Å². The Hall–Kier alpha value is -0.610. The number of unbranched alkanes of at least 4 members (excludes halogenated alkanes) is 1. The third kappa shape index (κ3) is 6.64. The van der Waals surface area contributed by atoms with Gasteiger partial charge < -0.3 is 15.2 Å². The van der Waals surface area contributed by atoms with E-state index in [1.807, 2.05) is 6.92 Å². The summed E-state index contributed by atoms with van der Waals surface area (Å²) >= 11 is 0. The Morgan fingerprint density at radius 1 is 1.41 bits per heavy atom. The van der Waals surface area contributed by atoms with Crippen LogP contribution in [0.5, 0.6) is 0 Å². The SMILES string of the molecule is CCNC(C)(CCCCOC(C)CC)C(=O)O. The van der Waals surface area contributed by atoms with Crippen LogP contribution in [0, 0.1) is 0 Å². The van der Waals surface area contributed by atoms with Gasteiger partial charge in [0.1, 0.15) is 5.54 Å². The second-order valence-electron chi connectivity index (χ2n) is 4.71. The van der Waals surface area contributed by atoms with Crippen molar-refractivity contribution in [3.05, 3.63) is 0 Å². The average molecular weight is 245 g/mol. The Labute approximate surface area is 105 Å². The van der Waals surface area contributed by atoms with Crippen molar-refractivity contribution >= 4 is 5.97 Å². The highest BCUT2D eigenvalue weighted by atomic mass is 16.5. The molecule has 4 nitrogen and oxygen atoms in total. The van der Waals surface area contributed by atoms with Crippen LogP contribution in [-0.2, 0) is 9.53 Å². The third-order valence-corrected chi connectivity index (χ3v) is 3.09. The first kappa shape index (κ1) is 16.4. The molecule has 2 unspecified atom stereocenters. The molecule has 0 aromatic carbocycles. The molecule has 0 rings (SSSR count). The van der Waals surface area contributed by atoms with Gasteiger partial charge in [-0.15, -0.1) is 0 Å². The fourth-order valence-electron chi connectivity index (χ4n) is 1.64. The highest BCUT2D eigenvalue weighted by molar-refractivity contribution is 5.78. The molecule has 0 amide bonds. The van der Waals surface area contributed by atoms with Gasteiger partial charge in [0, 0.05) is 6.61 Å². The number of carboxylic acid groups (broad SMARTS) is 1. The standard InChI is InChI=1S/C13H27NO3/c1-5-11(3)17-10-8-7-9-13(4,12(15)16)14-6-2/h11,14H,5-10H2,1-4H3,(H,15,16). The van der Waals surface area contributed by atoms with Gasteiger partial charge in [-0.25, -0.2) is 0 Å². The van der Waals surface area contributed by atoms with Gasteiger partial charge in [-0.1, -0.05) is 13.8 Å². The van der Waals surface area contributed by atoms with Crippen molar-refractivity contribution in [2.75, 3.05) is 13.2 Å². The normalized spacial score (nSPS) is 16.5. The predicted octanol–water partition coefficient (Wildman–Crippen LogP) is 2.42. The average Bonchev–Trinajstić information content (AvgIpc) is 2.28. The summed E-state index contributed by atoms with van der Waals surface area (Å²) in [5, 5.41) is 12.2. The lowest BCUT2D eigenvalue weighted by molar-refractivity contribution is -0.144. The van der Waals surface area contributed by atoms with E-state index in [2.05, 4.69) is 19.2 Å². The zero-order valence-corrected chi connectivity index (χ0v) is 11.6. The Kier molecular flexibility index (Phi) is 8.17. The molecule has 0 spiro atoms. The van der Waals surface area contributed by atoms with E-state index in [-0.39, 0.29) is 0 Å². The van der Waals surface area contributed by atoms with Crippen molar-refractivity contribution in [2.24, 2.45) is 0 Å². The van der Waals surface area contributed by atoms with Gasteiger partial charge in [-0.2, -0.15) is 0 Å². The minimum atomic E-state index is -0.800. The summed E-state index contributed by atoms with van der Waals surface area (Å²) in [5.41, 5.74) is -0.800. The predicted molar refractivity (Wildman–Crippen MR) is 69.3 cm³/mol. The van der Waals surface area contributed by atoms with Crippen LogP contribution in [0.25, 0.3) is 0 Å². The summed E-state index contributed by atoms with van der Waals surface area (Å²) in [7, 11) is 0. The number of nitrogens with one attached hydrogen (secondary N) is 1. The molecule has 0 fully saturated rings. The van der Waals surface area contributed by atoms with Crippen LogP contribution in [0.4, 0.5) is 0 Å². The minimum absolute atomic E-state index is 0.301. The van der Waals surface area contributed by atoms with E-state index in [0.717, 1.165) is 25.9 Å². The first-order chi connectivity index (χ1) is 7.96. The fraction of sp³-hybridized carbons (Fsp3) is 0.923. The zero-order chi connectivity index (χ0) is 13.3. The van der Waals surface area contributed by atoms with Crippen LogP contribution in [0.3, 0.4) is 0 Å². The summed E-state index contributed by atoms with van der Waals surface area (Å²) in [5.74, 6) is -0.776. The molecule has 17 heavy (non-hydrogen) atoms. The van der Waals surface area contributed by atoms with Crippen molar-refractivity contribution < 1.29 is 14.6 Å². The summed E-state index contributed by atoms with van der Waals surface area (Å²) < 4.78 is 5.56. The Morgan fingerprint density at radius 3 is 2.53 bits per heavy atom. The van der Waals surface area contributed by atoms with E-state index < -0.39 is 11.5 Å². The van der Waals surface area contributed by atoms with Gasteiger partial charge in [0.25, 0.3) is 0 Å². The smallest absolute Gasteiger partial charge is 0.323 e. The molecule has 2 N–H and O–H groups in total. The zero-order valence-electron chi connectivity index (χ0n) is 11.6. The fourth-order valence-corrected chi connectivity index (χ4v) is 1.64. The van der Waals surface area contributed by atoms with Gasteiger partial charge >= 0.3 is 5.97 Å². The molecule has 0 radical (unpaired) electrons. The number of likely N-dealkylation sites (N-methyl/N-ethyl adjacent to an activating group) is 1. The van der Waals surface area contributed by atoms with Crippen molar-refractivity contribution in [2.45, 2.75) is 65.0 Å². The molecular weight excluding hydrogens is 218 g/mol. The molecule has 0 aliphatic heterocycles. The molecule has 0 aromatic heterocycles. The van der Waals surface area contributed by atoms with Crippen LogP contribution in [0.2, 0.25) is 0 Å². The van der Waals surface area contributed by atoms with E-state index >= 15 is 0 Å². The van der Waals surface area contributed by atoms with Crippen molar-refractivity contribution in [1.82, 2.24) is 5.32 Å². The second kappa shape index (κ2) is 8.48. The minimum Gasteiger partial charge on any atom is -0.480 e. The number of aliphatic carboxylic acids is 1. The molecule has 4 heteroatoms. The Morgan fingerprint density at radius 2 is 2.06 bits per heavy atom. The first-order valence-corrected chi connectivity index (χ1v) is 6.56. The summed E-state index contributed by atoms with van der Waals surface area (Å²) in [6.45, 7) is 9.21. The topological polar surface area (TPSA) is 58.6 Å². The molecule has 2 atom stereocenters. The second-order valence-corrected chi connectivity index (χ2v) is 4.71. The lowest BCUT2D eigenvalue weighted by Gasteiger charge is -2.25. The van der Waals surface area contributed by atoms with Crippen LogP contribution in [0.15, 0.2) is 0 Å².